The first-order valence-electron chi connectivity index (χ1n) is 5.78. The molecule has 1 aliphatic rings. The smallest absolute Gasteiger partial charge is 0.306 e. The molecule has 1 saturated carbocycles. The van der Waals surface area contributed by atoms with Gasteiger partial charge in [-0.15, -0.1) is 0 Å². The van der Waals surface area contributed by atoms with Gasteiger partial charge in [-0.2, -0.15) is 0 Å². The van der Waals surface area contributed by atoms with E-state index in [2.05, 4.69) is 13.8 Å². The summed E-state index contributed by atoms with van der Waals surface area (Å²) in [6.45, 7) is 5.02. The maximum atomic E-state index is 11.1. The minimum Gasteiger partial charge on any atom is -0.481 e. The molecule has 0 radical (unpaired) electrons. The zero-order chi connectivity index (χ0) is 11.4. The van der Waals surface area contributed by atoms with Gasteiger partial charge in [0, 0.05) is 13.7 Å². The first kappa shape index (κ1) is 12.5. The van der Waals surface area contributed by atoms with Gasteiger partial charge in [0.1, 0.15) is 0 Å². The van der Waals surface area contributed by atoms with Crippen LogP contribution in [0.2, 0.25) is 0 Å². The van der Waals surface area contributed by atoms with Crippen LogP contribution in [0.25, 0.3) is 0 Å². The molecule has 1 aliphatic carbocycles. The maximum Gasteiger partial charge on any atom is 0.306 e. The van der Waals surface area contributed by atoms with Gasteiger partial charge < -0.3 is 9.84 Å². The Morgan fingerprint density at radius 3 is 2.60 bits per heavy atom. The van der Waals surface area contributed by atoms with Crippen LogP contribution in [0, 0.1) is 23.7 Å². The number of carbonyl (C=O) groups is 1. The van der Waals surface area contributed by atoms with E-state index in [9.17, 15) is 4.79 Å². The molecular weight excluding hydrogens is 192 g/mol. The van der Waals surface area contributed by atoms with Crippen molar-refractivity contribution in [2.24, 2.45) is 23.7 Å². The highest BCUT2D eigenvalue weighted by molar-refractivity contribution is 5.70. The molecule has 15 heavy (non-hydrogen) atoms. The first-order valence-corrected chi connectivity index (χ1v) is 5.78. The van der Waals surface area contributed by atoms with Crippen molar-refractivity contribution in [2.75, 3.05) is 13.7 Å². The van der Waals surface area contributed by atoms with Gasteiger partial charge in [0.2, 0.25) is 0 Å². The number of ether oxygens (including phenoxy) is 1. The van der Waals surface area contributed by atoms with Crippen molar-refractivity contribution in [1.29, 1.82) is 0 Å². The van der Waals surface area contributed by atoms with Crippen molar-refractivity contribution in [2.45, 2.75) is 33.1 Å². The lowest BCUT2D eigenvalue weighted by atomic mass is 9.71. The van der Waals surface area contributed by atoms with Gasteiger partial charge in [-0.05, 0) is 37.0 Å². The fourth-order valence-electron chi connectivity index (χ4n) is 2.63. The second-order valence-corrected chi connectivity index (χ2v) is 4.98. The minimum absolute atomic E-state index is 0.194. The zero-order valence-corrected chi connectivity index (χ0v) is 9.90. The summed E-state index contributed by atoms with van der Waals surface area (Å²) in [6.07, 6.45) is 2.86. The monoisotopic (exact) mass is 214 g/mol. The molecule has 0 aromatic rings. The number of aliphatic carboxylic acids is 1. The van der Waals surface area contributed by atoms with Crippen LogP contribution in [-0.2, 0) is 9.53 Å². The van der Waals surface area contributed by atoms with Gasteiger partial charge in [-0.25, -0.2) is 0 Å². The lowest BCUT2D eigenvalue weighted by Crippen LogP contribution is -2.34. The Balaban J connectivity index is 2.60. The van der Waals surface area contributed by atoms with Crippen LogP contribution in [0.4, 0.5) is 0 Å². The first-order chi connectivity index (χ1) is 7.06. The molecule has 88 valence electrons. The van der Waals surface area contributed by atoms with Gasteiger partial charge in [0.15, 0.2) is 0 Å². The van der Waals surface area contributed by atoms with Crippen LogP contribution in [0.15, 0.2) is 0 Å². The van der Waals surface area contributed by atoms with Crippen molar-refractivity contribution in [3.05, 3.63) is 0 Å². The number of hydrogen-bond acceptors (Lipinski definition) is 2. The summed E-state index contributed by atoms with van der Waals surface area (Å²) in [5, 5.41) is 9.10. The Hall–Kier alpha value is -0.570. The topological polar surface area (TPSA) is 46.5 Å². The van der Waals surface area contributed by atoms with Crippen molar-refractivity contribution in [3.8, 4) is 0 Å². The van der Waals surface area contributed by atoms with Crippen LogP contribution in [0.5, 0.6) is 0 Å². The molecule has 0 aromatic carbocycles. The third kappa shape index (κ3) is 3.20. The van der Waals surface area contributed by atoms with E-state index in [0.717, 1.165) is 19.3 Å². The largest absolute Gasteiger partial charge is 0.481 e. The number of methoxy groups -OCH3 is 1. The predicted molar refractivity (Wildman–Crippen MR) is 58.7 cm³/mol. The highest BCUT2D eigenvalue weighted by Gasteiger charge is 2.35. The molecule has 3 nitrogen and oxygen atoms in total. The van der Waals surface area contributed by atoms with E-state index in [1.807, 2.05) is 0 Å². The Bertz CT molecular complexity index is 213. The van der Waals surface area contributed by atoms with E-state index in [-0.39, 0.29) is 11.8 Å². The van der Waals surface area contributed by atoms with E-state index in [1.54, 1.807) is 7.11 Å². The second-order valence-electron chi connectivity index (χ2n) is 4.98. The maximum absolute atomic E-state index is 11.1. The molecule has 0 saturated heterocycles. The summed E-state index contributed by atoms with van der Waals surface area (Å²) in [5.74, 6) is 0.674. The minimum atomic E-state index is -0.653. The Labute approximate surface area is 91.8 Å². The molecule has 3 heteroatoms. The third-order valence-corrected chi connectivity index (χ3v) is 3.66. The second kappa shape index (κ2) is 5.50. The number of hydrogen-bond donors (Lipinski definition) is 1. The van der Waals surface area contributed by atoms with Crippen molar-refractivity contribution >= 4 is 5.97 Å². The van der Waals surface area contributed by atoms with E-state index in [4.69, 9.17) is 9.84 Å². The predicted octanol–water partition coefficient (Wildman–Crippen LogP) is 2.41. The third-order valence-electron chi connectivity index (χ3n) is 3.66. The van der Waals surface area contributed by atoms with Crippen molar-refractivity contribution in [3.63, 3.8) is 0 Å². The van der Waals surface area contributed by atoms with Gasteiger partial charge >= 0.3 is 5.97 Å². The van der Waals surface area contributed by atoms with E-state index in [1.165, 1.54) is 0 Å². The van der Waals surface area contributed by atoms with Crippen LogP contribution in [0.3, 0.4) is 0 Å². The highest BCUT2D eigenvalue weighted by Crippen LogP contribution is 2.37. The molecule has 0 aliphatic heterocycles. The van der Waals surface area contributed by atoms with Crippen LogP contribution in [-0.4, -0.2) is 24.8 Å². The molecule has 1 N–H and O–H groups in total. The summed E-state index contributed by atoms with van der Waals surface area (Å²) in [5.41, 5.74) is 0. The molecule has 0 spiro atoms. The molecule has 1 fully saturated rings. The van der Waals surface area contributed by atoms with Crippen LogP contribution < -0.4 is 0 Å². The summed E-state index contributed by atoms with van der Waals surface area (Å²) in [7, 11) is 1.65. The summed E-state index contributed by atoms with van der Waals surface area (Å²) < 4.78 is 5.13. The zero-order valence-electron chi connectivity index (χ0n) is 9.90. The van der Waals surface area contributed by atoms with Gasteiger partial charge in [-0.1, -0.05) is 13.8 Å². The molecule has 0 aromatic heterocycles. The Morgan fingerprint density at radius 2 is 2.13 bits per heavy atom. The quantitative estimate of drug-likeness (QED) is 0.781. The fourth-order valence-corrected chi connectivity index (χ4v) is 2.63. The molecule has 3 unspecified atom stereocenters. The number of rotatable bonds is 4. The van der Waals surface area contributed by atoms with Crippen LogP contribution in [0.1, 0.15) is 33.1 Å². The van der Waals surface area contributed by atoms with Crippen molar-refractivity contribution < 1.29 is 14.6 Å². The summed E-state index contributed by atoms with van der Waals surface area (Å²) in [6, 6.07) is 0. The summed E-state index contributed by atoms with van der Waals surface area (Å²) in [4.78, 5) is 11.1. The summed E-state index contributed by atoms with van der Waals surface area (Å²) >= 11 is 0. The molecule has 1 rings (SSSR count). The molecule has 0 heterocycles. The molecular formula is C12H22O3. The molecule has 0 bridgehead atoms. The average Bonchev–Trinajstić information content (AvgIpc) is 2.17. The highest BCUT2D eigenvalue weighted by atomic mass is 16.5. The molecule has 0 amide bonds. The van der Waals surface area contributed by atoms with Gasteiger partial charge in [0.25, 0.3) is 0 Å². The standard InChI is InChI=1S/C12H22O3/c1-8(2)9-4-5-11(12(13)14)10(6-9)7-15-3/h8-11H,4-7H2,1-3H3,(H,13,14). The lowest BCUT2D eigenvalue weighted by Gasteiger charge is -2.35. The van der Waals surface area contributed by atoms with E-state index >= 15 is 0 Å². The average molecular weight is 214 g/mol. The van der Waals surface area contributed by atoms with Crippen molar-refractivity contribution in [1.82, 2.24) is 0 Å². The Kier molecular flexibility index (Phi) is 4.58. The van der Waals surface area contributed by atoms with Gasteiger partial charge in [-0.3, -0.25) is 4.79 Å². The number of carboxylic acid groups (broad SMARTS) is 1. The normalized spacial score (nSPS) is 31.9. The van der Waals surface area contributed by atoms with E-state index < -0.39 is 5.97 Å². The van der Waals surface area contributed by atoms with E-state index in [0.29, 0.717) is 18.4 Å². The van der Waals surface area contributed by atoms with Crippen LogP contribution >= 0.6 is 0 Å². The Morgan fingerprint density at radius 1 is 1.47 bits per heavy atom. The number of carboxylic acids is 1. The SMILES string of the molecule is COCC1CC(C(C)C)CCC1C(=O)O. The molecule has 3 atom stereocenters. The van der Waals surface area contributed by atoms with Gasteiger partial charge in [0.05, 0.1) is 5.92 Å². The lowest BCUT2D eigenvalue weighted by molar-refractivity contribution is -0.146. The fraction of sp³-hybridized carbons (Fsp3) is 0.917.